The molecule has 2 rings (SSSR count). The van der Waals surface area contributed by atoms with Crippen molar-refractivity contribution >= 4 is 41.0 Å². The highest BCUT2D eigenvalue weighted by atomic mass is 16.5. The molecule has 9 nitrogen and oxygen atoms in total. The van der Waals surface area contributed by atoms with Crippen LogP contribution in [0.5, 0.6) is 11.5 Å². The molecule has 0 bridgehead atoms. The summed E-state index contributed by atoms with van der Waals surface area (Å²) in [5.74, 6) is 1.13. The van der Waals surface area contributed by atoms with Crippen LogP contribution in [-0.2, 0) is 4.79 Å². The minimum atomic E-state index is -0.361. The maximum Gasteiger partial charge on any atom is 0.247 e. The van der Waals surface area contributed by atoms with Crippen LogP contribution < -0.4 is 25.4 Å². The monoisotopic (exact) mass is 532 g/mol. The Morgan fingerprint density at radius 1 is 1.15 bits per heavy atom. The van der Waals surface area contributed by atoms with Crippen molar-refractivity contribution in [1.82, 2.24) is 4.90 Å². The molecule has 0 saturated carbocycles. The van der Waals surface area contributed by atoms with Gasteiger partial charge in [0.2, 0.25) is 5.91 Å². The van der Waals surface area contributed by atoms with E-state index in [-0.39, 0.29) is 5.91 Å². The summed E-state index contributed by atoms with van der Waals surface area (Å²) in [5.41, 5.74) is 4.23. The number of benzene rings is 2. The van der Waals surface area contributed by atoms with Gasteiger partial charge in [-0.3, -0.25) is 4.79 Å². The maximum atomic E-state index is 12.2. The van der Waals surface area contributed by atoms with Crippen molar-refractivity contribution in [3.8, 4) is 11.5 Å². The Morgan fingerprint density at radius 3 is 2.46 bits per heavy atom. The van der Waals surface area contributed by atoms with Gasteiger partial charge in [-0.05, 0) is 63.2 Å². The summed E-state index contributed by atoms with van der Waals surface area (Å²) in [4.78, 5) is 18.8. The quantitative estimate of drug-likeness (QED) is 0.134. The molecule has 0 radical (unpaired) electrons. The Balaban J connectivity index is 2.43. The standard InChI is InChI=1S/C30H40N6O3/c1-9-30(37)35-26-17-25(27(38-8)18-28(26)39-14-13-36(7)20(3)4)34-29(33-10-2)15-21(5)22-11-12-23(19-31)24(16-22)32-6/h9-12,15-20,31-32,34H,1,5,13-14H2,2-4,6-8H3,(H,35,37)/b29-15+,31-19?,33-10?. The van der Waals surface area contributed by atoms with Crippen LogP contribution >= 0.6 is 0 Å². The number of nitrogens with one attached hydrogen (secondary N) is 4. The normalized spacial score (nSPS) is 11.4. The van der Waals surface area contributed by atoms with Crippen LogP contribution in [0.1, 0.15) is 31.9 Å². The van der Waals surface area contributed by atoms with Crippen molar-refractivity contribution < 1.29 is 14.3 Å². The van der Waals surface area contributed by atoms with Gasteiger partial charge in [-0.2, -0.15) is 0 Å². The number of allylic oxidation sites excluding steroid dienone is 2. The van der Waals surface area contributed by atoms with Gasteiger partial charge >= 0.3 is 0 Å². The lowest BCUT2D eigenvalue weighted by molar-refractivity contribution is -0.111. The van der Waals surface area contributed by atoms with Gasteiger partial charge in [-0.15, -0.1) is 0 Å². The third kappa shape index (κ3) is 8.86. The second-order valence-electron chi connectivity index (χ2n) is 8.93. The Morgan fingerprint density at radius 2 is 1.87 bits per heavy atom. The van der Waals surface area contributed by atoms with E-state index in [0.29, 0.717) is 53.5 Å². The second kappa shape index (κ2) is 15.1. The molecule has 0 aromatic heterocycles. The van der Waals surface area contributed by atoms with Crippen molar-refractivity contribution in [3.05, 3.63) is 72.6 Å². The van der Waals surface area contributed by atoms with Crippen LogP contribution in [0, 0.1) is 5.41 Å². The van der Waals surface area contributed by atoms with Crippen LogP contribution in [0.3, 0.4) is 0 Å². The highest BCUT2D eigenvalue weighted by molar-refractivity contribution is 6.00. The summed E-state index contributed by atoms with van der Waals surface area (Å²) < 4.78 is 11.7. The Bertz CT molecular complexity index is 1250. The summed E-state index contributed by atoms with van der Waals surface area (Å²) in [6, 6.07) is 9.54. The average molecular weight is 533 g/mol. The van der Waals surface area contributed by atoms with Crippen molar-refractivity contribution in [2.45, 2.75) is 26.8 Å². The van der Waals surface area contributed by atoms with E-state index >= 15 is 0 Å². The molecule has 0 saturated heterocycles. The summed E-state index contributed by atoms with van der Waals surface area (Å²) in [5, 5.41) is 16.8. The van der Waals surface area contributed by atoms with Crippen LogP contribution in [0.4, 0.5) is 17.1 Å². The van der Waals surface area contributed by atoms with Crippen molar-refractivity contribution in [2.75, 3.05) is 50.3 Å². The molecule has 0 heterocycles. The van der Waals surface area contributed by atoms with E-state index in [1.165, 1.54) is 12.3 Å². The van der Waals surface area contributed by atoms with Crippen molar-refractivity contribution in [3.63, 3.8) is 0 Å². The van der Waals surface area contributed by atoms with Crippen LogP contribution in [-0.4, -0.2) is 63.6 Å². The average Bonchev–Trinajstić information content (AvgIpc) is 2.93. The molecule has 2 aromatic carbocycles. The van der Waals surface area contributed by atoms with Crippen molar-refractivity contribution in [1.29, 1.82) is 5.41 Å². The number of carbonyl (C=O) groups is 1. The van der Waals surface area contributed by atoms with Crippen LogP contribution in [0.25, 0.3) is 5.57 Å². The first-order valence-electron chi connectivity index (χ1n) is 12.6. The van der Waals surface area contributed by atoms with Gasteiger partial charge in [0.1, 0.15) is 23.9 Å². The topological polar surface area (TPSA) is 111 Å². The molecule has 0 aliphatic rings. The zero-order chi connectivity index (χ0) is 28.9. The highest BCUT2D eigenvalue weighted by Gasteiger charge is 2.15. The lowest BCUT2D eigenvalue weighted by Crippen LogP contribution is -2.30. The van der Waals surface area contributed by atoms with E-state index < -0.39 is 0 Å². The minimum Gasteiger partial charge on any atom is -0.494 e. The number of ether oxygens (including phenoxy) is 2. The van der Waals surface area contributed by atoms with Gasteiger partial charge in [-0.1, -0.05) is 25.3 Å². The molecule has 0 aliphatic carbocycles. The number of amides is 1. The smallest absolute Gasteiger partial charge is 0.247 e. The number of likely N-dealkylation sites (N-methyl/N-ethyl adjacent to an activating group) is 1. The highest BCUT2D eigenvalue weighted by Crippen LogP contribution is 2.37. The Hall–Kier alpha value is -4.37. The molecule has 9 heteroatoms. The zero-order valence-corrected chi connectivity index (χ0v) is 23.7. The fraction of sp³-hybridized carbons (Fsp3) is 0.300. The summed E-state index contributed by atoms with van der Waals surface area (Å²) in [6.45, 7) is 14.9. The van der Waals surface area contributed by atoms with Gasteiger partial charge in [0, 0.05) is 49.4 Å². The van der Waals surface area contributed by atoms with E-state index in [2.05, 4.69) is 52.8 Å². The number of aliphatic imine (C=N–C) groups is 1. The predicted molar refractivity (Wildman–Crippen MR) is 164 cm³/mol. The molecule has 0 atom stereocenters. The largest absolute Gasteiger partial charge is 0.494 e. The number of hydrogen-bond acceptors (Lipinski definition) is 8. The summed E-state index contributed by atoms with van der Waals surface area (Å²) in [6.07, 6.45) is 5.98. The van der Waals surface area contributed by atoms with Gasteiger partial charge in [-0.25, -0.2) is 4.99 Å². The van der Waals surface area contributed by atoms with E-state index in [1.54, 1.807) is 25.5 Å². The number of hydrogen-bond donors (Lipinski definition) is 4. The van der Waals surface area contributed by atoms with Crippen LogP contribution in [0.2, 0.25) is 0 Å². The molecule has 39 heavy (non-hydrogen) atoms. The second-order valence-corrected chi connectivity index (χ2v) is 8.93. The number of nitrogens with zero attached hydrogens (tertiary/aromatic N) is 2. The molecule has 0 unspecified atom stereocenters. The number of carbonyl (C=O) groups excluding carboxylic acids is 1. The summed E-state index contributed by atoms with van der Waals surface area (Å²) >= 11 is 0. The Kier molecular flexibility index (Phi) is 12.0. The van der Waals surface area contributed by atoms with Gasteiger partial charge in [0.05, 0.1) is 18.5 Å². The first-order chi connectivity index (χ1) is 18.7. The maximum absolute atomic E-state index is 12.2. The molecule has 2 aromatic rings. The van der Waals surface area contributed by atoms with E-state index in [0.717, 1.165) is 16.8 Å². The summed E-state index contributed by atoms with van der Waals surface area (Å²) in [7, 11) is 5.40. The first kappa shape index (κ1) is 30.9. The molecule has 0 spiro atoms. The molecule has 208 valence electrons. The molecular formula is C30H40N6O3. The van der Waals surface area contributed by atoms with Gasteiger partial charge in [0.15, 0.2) is 0 Å². The fourth-order valence-electron chi connectivity index (χ4n) is 3.52. The van der Waals surface area contributed by atoms with E-state index in [9.17, 15) is 4.79 Å². The zero-order valence-electron chi connectivity index (χ0n) is 23.7. The first-order valence-corrected chi connectivity index (χ1v) is 12.6. The molecule has 1 amide bonds. The van der Waals surface area contributed by atoms with Gasteiger partial charge in [0.25, 0.3) is 0 Å². The van der Waals surface area contributed by atoms with E-state index in [1.807, 2.05) is 45.3 Å². The predicted octanol–water partition coefficient (Wildman–Crippen LogP) is 5.64. The SMILES string of the molecule is C=CC(=O)Nc1cc(N/C(=C/C(=C)c2ccc(C=N)c(NC)c2)N=CC)c(OC)cc1OCCN(C)C(C)C. The molecule has 0 aliphatic heterocycles. The molecular weight excluding hydrogens is 492 g/mol. The fourth-order valence-corrected chi connectivity index (χ4v) is 3.52. The van der Waals surface area contributed by atoms with E-state index in [4.69, 9.17) is 14.9 Å². The lowest BCUT2D eigenvalue weighted by atomic mass is 10.0. The minimum absolute atomic E-state index is 0.361. The van der Waals surface area contributed by atoms with Crippen molar-refractivity contribution in [2.24, 2.45) is 4.99 Å². The molecule has 0 fully saturated rings. The van der Waals surface area contributed by atoms with Gasteiger partial charge < -0.3 is 35.7 Å². The number of rotatable bonds is 15. The Labute approximate surface area is 231 Å². The lowest BCUT2D eigenvalue weighted by Gasteiger charge is -2.22. The number of anilines is 3. The van der Waals surface area contributed by atoms with Crippen LogP contribution in [0.15, 0.2) is 66.5 Å². The third-order valence-corrected chi connectivity index (χ3v) is 6.02. The molecule has 4 N–H and O–H groups in total. The third-order valence-electron chi connectivity index (χ3n) is 6.02. The number of methoxy groups -OCH3 is 1.